The van der Waals surface area contributed by atoms with Gasteiger partial charge < -0.3 is 9.13 Å². The maximum atomic E-state index is 10.4. The van der Waals surface area contributed by atoms with Crippen molar-refractivity contribution in [2.24, 2.45) is 0 Å². The van der Waals surface area contributed by atoms with Crippen molar-refractivity contribution in [1.82, 2.24) is 39.0 Å². The van der Waals surface area contributed by atoms with E-state index in [-0.39, 0.29) is 0 Å². The molecule has 0 fully saturated rings. The van der Waals surface area contributed by atoms with Gasteiger partial charge >= 0.3 is 0 Å². The van der Waals surface area contributed by atoms with E-state index in [4.69, 9.17) is 29.9 Å². The van der Waals surface area contributed by atoms with Crippen LogP contribution in [-0.4, -0.2) is 39.0 Å². The number of aromatic nitrogens is 8. The standard InChI is InChI=1S/C88H50N12/c89-51-55-32-38-69(67(44-55)53-91)63-34-40-81-75(47-63)71-28-13-15-30-77(71)99(81)79-42-36-65(87-95-83(57-18-5-1-6-19-57)93-84(96-87)58-20-7-2-8-21-58)49-73(79)61-26-17-27-62(46-61)74-50-66(88-97-85(59-22-9-3-10-23-59)94-86(98-88)60-24-11-4-12-25-60)37-43-80(74)100-78-31-16-14-29-72(78)76-48-64(35-41-82(76)100)70-39-33-56(52-90)45-68(70)54-92/h1-50H. The lowest BCUT2D eigenvalue weighted by Gasteiger charge is -2.19. The first-order valence-corrected chi connectivity index (χ1v) is 32.5. The van der Waals surface area contributed by atoms with Crippen molar-refractivity contribution < 1.29 is 0 Å². The van der Waals surface area contributed by atoms with E-state index < -0.39 is 0 Å². The van der Waals surface area contributed by atoms with Crippen LogP contribution in [0.4, 0.5) is 0 Å². The Morgan fingerprint density at radius 1 is 0.210 bits per heavy atom. The Kier molecular flexibility index (Phi) is 14.8. The van der Waals surface area contributed by atoms with Gasteiger partial charge in [0.2, 0.25) is 0 Å². The van der Waals surface area contributed by atoms with Crippen LogP contribution in [-0.2, 0) is 0 Å². The molecule has 100 heavy (non-hydrogen) atoms. The first-order valence-electron chi connectivity index (χ1n) is 32.5. The lowest BCUT2D eigenvalue weighted by Crippen LogP contribution is -2.02. The van der Waals surface area contributed by atoms with E-state index in [9.17, 15) is 21.0 Å². The molecule has 0 bridgehead atoms. The van der Waals surface area contributed by atoms with Crippen LogP contribution in [0.1, 0.15) is 22.3 Å². The maximum Gasteiger partial charge on any atom is 0.164 e. The van der Waals surface area contributed by atoms with E-state index in [1.165, 1.54) is 0 Å². The third-order valence-electron chi connectivity index (χ3n) is 18.4. The van der Waals surface area contributed by atoms with Gasteiger partial charge in [0.1, 0.15) is 0 Å². The second-order valence-electron chi connectivity index (χ2n) is 24.3. The lowest BCUT2D eigenvalue weighted by molar-refractivity contribution is 1.07. The molecule has 0 aliphatic heterocycles. The largest absolute Gasteiger partial charge is 0.309 e. The van der Waals surface area contributed by atoms with Crippen molar-refractivity contribution in [3.63, 3.8) is 0 Å². The number of para-hydroxylation sites is 2. The van der Waals surface area contributed by atoms with Crippen molar-refractivity contribution in [3.8, 4) is 148 Å². The number of hydrogen-bond acceptors (Lipinski definition) is 10. The predicted molar refractivity (Wildman–Crippen MR) is 395 cm³/mol. The minimum atomic E-state index is 0.419. The summed E-state index contributed by atoms with van der Waals surface area (Å²) < 4.78 is 4.63. The molecule has 0 aliphatic carbocycles. The fraction of sp³-hybridized carbons (Fsp3) is 0. The molecular weight excluding hydrogens is 1230 g/mol. The highest BCUT2D eigenvalue weighted by molar-refractivity contribution is 6.13. The summed E-state index contributed by atoms with van der Waals surface area (Å²) in [6.07, 6.45) is 0. The molecule has 17 aromatic rings. The number of nitriles is 4. The SMILES string of the molecule is N#Cc1ccc(-c2ccc3c(c2)c2ccccc2n3-c2ccc(-c3nc(-c4ccccc4)nc(-c4ccccc4)n3)cc2-c2cccc(-c3cc(-c4nc(-c5ccccc5)nc(-c5ccccc5)n4)ccc3-n3c4ccccc4c4cc(-c5ccc(C#N)cc5C#N)ccc43)c2)c(C#N)c1. The van der Waals surface area contributed by atoms with Gasteiger partial charge in [-0.1, -0.05) is 200 Å². The molecule has 0 aliphatic rings. The van der Waals surface area contributed by atoms with Crippen molar-refractivity contribution in [2.45, 2.75) is 0 Å². The Hall–Kier alpha value is -14.6. The van der Waals surface area contributed by atoms with Gasteiger partial charge in [-0.25, -0.2) is 29.9 Å². The smallest absolute Gasteiger partial charge is 0.164 e. The van der Waals surface area contributed by atoms with Crippen LogP contribution in [0, 0.1) is 45.3 Å². The molecule has 0 amide bonds. The van der Waals surface area contributed by atoms with Gasteiger partial charge in [0.25, 0.3) is 0 Å². The molecule has 4 heterocycles. The van der Waals surface area contributed by atoms with Crippen molar-refractivity contribution in [3.05, 3.63) is 326 Å². The van der Waals surface area contributed by atoms with E-state index in [1.54, 1.807) is 24.3 Å². The molecule has 0 saturated carbocycles. The van der Waals surface area contributed by atoms with E-state index in [0.29, 0.717) is 57.2 Å². The van der Waals surface area contributed by atoms with Crippen molar-refractivity contribution >= 4 is 43.6 Å². The molecule has 12 nitrogen and oxygen atoms in total. The van der Waals surface area contributed by atoms with Crippen LogP contribution in [0.2, 0.25) is 0 Å². The van der Waals surface area contributed by atoms with Gasteiger partial charge in [0.15, 0.2) is 34.9 Å². The van der Waals surface area contributed by atoms with E-state index in [1.807, 2.05) is 158 Å². The quantitative estimate of drug-likeness (QED) is 0.114. The van der Waals surface area contributed by atoms with Gasteiger partial charge in [-0.15, -0.1) is 0 Å². The van der Waals surface area contributed by atoms with Crippen molar-refractivity contribution in [1.29, 1.82) is 21.0 Å². The van der Waals surface area contributed by atoms with E-state index in [2.05, 4.69) is 155 Å². The normalized spacial score (nSPS) is 11.2. The second-order valence-corrected chi connectivity index (χ2v) is 24.3. The Morgan fingerprint density at radius 3 is 0.880 bits per heavy atom. The molecule has 0 unspecified atom stereocenters. The molecule has 12 heteroatoms. The highest BCUT2D eigenvalue weighted by atomic mass is 15.0. The second kappa shape index (κ2) is 25.0. The fourth-order valence-electron chi connectivity index (χ4n) is 13.6. The Morgan fingerprint density at radius 2 is 0.520 bits per heavy atom. The van der Waals surface area contributed by atoms with Gasteiger partial charge in [-0.05, 0) is 137 Å². The minimum absolute atomic E-state index is 0.419. The molecule has 17 rings (SSSR count). The van der Waals surface area contributed by atoms with Crippen LogP contribution in [0.25, 0.3) is 168 Å². The van der Waals surface area contributed by atoms with Gasteiger partial charge in [-0.2, -0.15) is 21.0 Å². The average molecular weight is 1280 g/mol. The monoisotopic (exact) mass is 1270 g/mol. The van der Waals surface area contributed by atoms with Gasteiger partial charge in [-0.3, -0.25) is 0 Å². The zero-order valence-corrected chi connectivity index (χ0v) is 53.2. The molecule has 0 saturated heterocycles. The van der Waals surface area contributed by atoms with Crippen molar-refractivity contribution in [2.75, 3.05) is 0 Å². The Labute approximate surface area is 574 Å². The minimum Gasteiger partial charge on any atom is -0.309 e. The Balaban J connectivity index is 0.918. The third-order valence-corrected chi connectivity index (χ3v) is 18.4. The van der Waals surface area contributed by atoms with E-state index >= 15 is 0 Å². The molecule has 0 spiro atoms. The molecule has 462 valence electrons. The number of nitrogens with zero attached hydrogens (tertiary/aromatic N) is 12. The van der Waals surface area contributed by atoms with E-state index in [0.717, 1.165) is 133 Å². The Bertz CT molecular complexity index is 5830. The molecule has 0 N–H and O–H groups in total. The van der Waals surface area contributed by atoms with Gasteiger partial charge in [0.05, 0.1) is 80.0 Å². The first kappa shape index (κ1) is 59.2. The number of fused-ring (bicyclic) bond motifs is 6. The summed E-state index contributed by atoms with van der Waals surface area (Å²) >= 11 is 0. The number of hydrogen-bond donors (Lipinski definition) is 0. The highest BCUT2D eigenvalue weighted by Gasteiger charge is 2.24. The summed E-state index contributed by atoms with van der Waals surface area (Å²) in [6.45, 7) is 0. The predicted octanol–water partition coefficient (Wildman–Crippen LogP) is 20.4. The average Bonchev–Trinajstić information content (AvgIpc) is 1.57. The summed E-state index contributed by atoms with van der Waals surface area (Å²) in [5, 5.41) is 44.4. The van der Waals surface area contributed by atoms with Gasteiger partial charge in [0, 0.05) is 66.1 Å². The number of rotatable bonds is 12. The fourth-order valence-corrected chi connectivity index (χ4v) is 13.6. The van der Waals surface area contributed by atoms with Crippen LogP contribution >= 0.6 is 0 Å². The molecule has 4 aromatic heterocycles. The summed E-state index contributed by atoms with van der Waals surface area (Å²) in [5.41, 5.74) is 18.9. The lowest BCUT2D eigenvalue weighted by atomic mass is 9.94. The van der Waals surface area contributed by atoms with Crippen LogP contribution in [0.15, 0.2) is 303 Å². The molecule has 13 aromatic carbocycles. The molecular formula is C88H50N12. The zero-order valence-electron chi connectivity index (χ0n) is 53.2. The topological polar surface area (TPSA) is 182 Å². The summed E-state index contributed by atoms with van der Waals surface area (Å²) in [5.74, 6) is 3.14. The molecule has 0 radical (unpaired) electrons. The van der Waals surface area contributed by atoms with Crippen LogP contribution in [0.3, 0.4) is 0 Å². The molecule has 0 atom stereocenters. The maximum absolute atomic E-state index is 10.4. The summed E-state index contributed by atoms with van der Waals surface area (Å²) in [4.78, 5) is 31.2. The van der Waals surface area contributed by atoms with Crippen LogP contribution in [0.5, 0.6) is 0 Å². The third kappa shape index (κ3) is 10.6. The highest BCUT2D eigenvalue weighted by Crippen LogP contribution is 2.44. The first-order chi connectivity index (χ1) is 49.4. The number of benzene rings is 13. The van der Waals surface area contributed by atoms with Crippen LogP contribution < -0.4 is 0 Å². The summed E-state index contributed by atoms with van der Waals surface area (Å²) in [7, 11) is 0. The zero-order chi connectivity index (χ0) is 67.2. The summed E-state index contributed by atoms with van der Waals surface area (Å²) in [6, 6.07) is 110.